The summed E-state index contributed by atoms with van der Waals surface area (Å²) < 4.78 is 3.46. The molecule has 0 amide bonds. The van der Waals surface area contributed by atoms with Crippen molar-refractivity contribution in [3.8, 4) is 11.1 Å². The molecule has 0 radical (unpaired) electrons. The van der Waals surface area contributed by atoms with Crippen LogP contribution in [-0.4, -0.2) is 4.57 Å². The summed E-state index contributed by atoms with van der Waals surface area (Å²) in [7, 11) is 2.15. The average molecular weight is 524 g/mol. The third-order valence-corrected chi connectivity index (χ3v) is 4.91. The van der Waals surface area contributed by atoms with Crippen molar-refractivity contribution in [3.05, 3.63) is 82.5 Å². The monoisotopic (exact) mass is 521 g/mol. The summed E-state index contributed by atoms with van der Waals surface area (Å²) in [6.45, 7) is 0. The normalized spacial score (nSPS) is 12.2. The molecule has 0 bridgehead atoms. The summed E-state index contributed by atoms with van der Waals surface area (Å²) in [5.74, 6) is 0. The van der Waals surface area contributed by atoms with Crippen molar-refractivity contribution in [3.63, 3.8) is 0 Å². The third kappa shape index (κ3) is 4.28. The van der Waals surface area contributed by atoms with Gasteiger partial charge in [0.1, 0.15) is 0 Å². The summed E-state index contributed by atoms with van der Waals surface area (Å²) in [6, 6.07) is 16.2. The van der Waals surface area contributed by atoms with Crippen molar-refractivity contribution in [1.29, 1.82) is 0 Å². The van der Waals surface area contributed by atoms with E-state index in [-0.39, 0.29) is 51.0 Å². The summed E-state index contributed by atoms with van der Waals surface area (Å²) in [5, 5.41) is 1.25. The number of halogens is 3. The predicted molar refractivity (Wildman–Crippen MR) is 99.3 cm³/mol. The molecule has 1 nitrogen and oxygen atoms in total. The molecular weight excluding hydrogens is 508 g/mol. The second-order valence-corrected chi connectivity index (χ2v) is 6.71. The number of aryl methyl sites for hydroxylation is 1. The smallest absolute Gasteiger partial charge is 1.00 e. The van der Waals surface area contributed by atoms with E-state index in [0.29, 0.717) is 0 Å². The summed E-state index contributed by atoms with van der Waals surface area (Å²) in [5.41, 5.74) is 6.82. The Morgan fingerprint density at radius 2 is 1.96 bits per heavy atom. The van der Waals surface area contributed by atoms with E-state index >= 15 is 0 Å². The standard InChI is InChI=1S/C16H11BrN.C5H5.2ClH.Zr/c1-18-14-5-3-2-4-13(14)16-12-7-6-11(17)8-10(12)9-15(16)18;1-2-4-5-3-1;;;/h2-3,5-8H,9H2,1H3;1-3H,4H2;2*1H;/q2*-1;;;+4/p-2. The molecule has 0 aliphatic heterocycles. The first-order valence-electron chi connectivity index (χ1n) is 7.74. The molecule has 0 unspecified atom stereocenters. The van der Waals surface area contributed by atoms with Gasteiger partial charge in [-0.2, -0.15) is 6.08 Å². The van der Waals surface area contributed by atoms with Crippen LogP contribution in [0.4, 0.5) is 0 Å². The fourth-order valence-electron chi connectivity index (χ4n) is 3.34. The molecule has 2 aliphatic rings. The zero-order chi connectivity index (χ0) is 15.8. The molecule has 0 saturated carbocycles. The van der Waals surface area contributed by atoms with Gasteiger partial charge in [0.2, 0.25) is 0 Å². The molecule has 26 heavy (non-hydrogen) atoms. The number of allylic oxidation sites excluding steroid dienone is 4. The summed E-state index contributed by atoms with van der Waals surface area (Å²) in [4.78, 5) is 0. The molecule has 1 heterocycles. The van der Waals surface area contributed by atoms with Crippen molar-refractivity contribution in [2.45, 2.75) is 12.8 Å². The van der Waals surface area contributed by atoms with E-state index < -0.39 is 0 Å². The molecule has 0 N–H and O–H groups in total. The van der Waals surface area contributed by atoms with Crippen molar-refractivity contribution in [2.24, 2.45) is 7.05 Å². The van der Waals surface area contributed by atoms with Crippen LogP contribution in [0.2, 0.25) is 0 Å². The van der Waals surface area contributed by atoms with E-state index in [9.17, 15) is 0 Å². The Balaban J connectivity index is 0.000000372. The van der Waals surface area contributed by atoms with Gasteiger partial charge in [-0.15, -0.1) is 36.1 Å². The van der Waals surface area contributed by atoms with E-state index in [0.717, 1.165) is 17.3 Å². The van der Waals surface area contributed by atoms with Gasteiger partial charge in [-0.1, -0.05) is 33.1 Å². The van der Waals surface area contributed by atoms with Crippen molar-refractivity contribution >= 4 is 26.8 Å². The van der Waals surface area contributed by atoms with Crippen LogP contribution in [0.5, 0.6) is 0 Å². The Bertz CT molecular complexity index is 950. The number of fused-ring (bicyclic) bond motifs is 5. The van der Waals surface area contributed by atoms with Gasteiger partial charge in [0.05, 0.1) is 0 Å². The van der Waals surface area contributed by atoms with Crippen LogP contribution >= 0.6 is 15.9 Å². The Kier molecular flexibility index (Phi) is 9.09. The maximum absolute atomic E-state index is 3.55. The molecule has 130 valence electrons. The van der Waals surface area contributed by atoms with Crippen LogP contribution in [0.25, 0.3) is 22.0 Å². The number of hydrogen-bond donors (Lipinski definition) is 0. The fraction of sp³-hybridized carbons (Fsp3) is 0.143. The van der Waals surface area contributed by atoms with Gasteiger partial charge < -0.3 is 29.4 Å². The molecule has 0 fully saturated rings. The minimum atomic E-state index is 0. The molecule has 0 spiro atoms. The van der Waals surface area contributed by atoms with E-state index in [1.807, 2.05) is 18.2 Å². The maximum Gasteiger partial charge on any atom is 4.00 e. The van der Waals surface area contributed by atoms with Crippen LogP contribution in [0.1, 0.15) is 17.7 Å². The van der Waals surface area contributed by atoms with E-state index in [4.69, 9.17) is 0 Å². The zero-order valence-electron chi connectivity index (χ0n) is 14.2. The van der Waals surface area contributed by atoms with Crippen molar-refractivity contribution in [1.82, 2.24) is 4.57 Å². The number of hydrogen-bond acceptors (Lipinski definition) is 0. The molecule has 5 rings (SSSR count). The Hall–Kier alpha value is -0.597. The predicted octanol–water partition coefficient (Wildman–Crippen LogP) is -0.377. The van der Waals surface area contributed by atoms with Gasteiger partial charge >= 0.3 is 26.2 Å². The maximum atomic E-state index is 3.55. The third-order valence-electron chi connectivity index (χ3n) is 4.42. The van der Waals surface area contributed by atoms with Crippen molar-refractivity contribution in [2.75, 3.05) is 0 Å². The van der Waals surface area contributed by atoms with Gasteiger partial charge in [0, 0.05) is 17.9 Å². The second kappa shape index (κ2) is 10.1. The molecule has 0 atom stereocenters. The molecule has 2 aromatic carbocycles. The number of benzene rings is 2. The van der Waals surface area contributed by atoms with Crippen molar-refractivity contribution < 1.29 is 51.0 Å². The van der Waals surface area contributed by atoms with Gasteiger partial charge in [0.15, 0.2) is 0 Å². The minimum Gasteiger partial charge on any atom is -1.00 e. The van der Waals surface area contributed by atoms with Gasteiger partial charge in [-0.25, -0.2) is 12.2 Å². The molecule has 1 aromatic heterocycles. The minimum absolute atomic E-state index is 0. The van der Waals surface area contributed by atoms with Crippen LogP contribution < -0.4 is 24.8 Å². The fourth-order valence-corrected chi connectivity index (χ4v) is 3.74. The first-order valence-corrected chi connectivity index (χ1v) is 8.53. The van der Waals surface area contributed by atoms with Crippen LogP contribution in [0, 0.1) is 12.1 Å². The summed E-state index contributed by atoms with van der Waals surface area (Å²) >= 11 is 3.55. The molecule has 0 saturated heterocycles. The molecular formula is C21H16BrCl2NZr. The first kappa shape index (κ1) is 23.4. The van der Waals surface area contributed by atoms with Gasteiger partial charge in [-0.3, -0.25) is 6.08 Å². The average Bonchev–Trinajstić information content (AvgIpc) is 3.28. The Morgan fingerprint density at radius 1 is 1.15 bits per heavy atom. The van der Waals surface area contributed by atoms with Gasteiger partial charge in [-0.05, 0) is 28.9 Å². The summed E-state index contributed by atoms with van der Waals surface area (Å²) in [6.07, 6.45) is 11.0. The van der Waals surface area contributed by atoms with Crippen LogP contribution in [0.3, 0.4) is 0 Å². The Labute approximate surface area is 194 Å². The molecule has 2 aliphatic carbocycles. The number of aromatic nitrogens is 1. The SMILES string of the molecule is Cn1c2c(c3[c-]cccc31)-c1ccc(Br)cc1C2.[C-]1=CC=CC1.[Cl-].[Cl-].[Zr+4]. The quantitative estimate of drug-likeness (QED) is 0.277. The van der Waals surface area contributed by atoms with Crippen LogP contribution in [0.15, 0.2) is 59.1 Å². The largest absolute Gasteiger partial charge is 4.00 e. The number of nitrogens with zero attached hydrogens (tertiary/aromatic N) is 1. The molecule has 5 heteroatoms. The first-order chi connectivity index (χ1) is 11.3. The van der Waals surface area contributed by atoms with E-state index in [1.165, 1.54) is 33.3 Å². The number of rotatable bonds is 0. The Morgan fingerprint density at radius 3 is 2.62 bits per heavy atom. The van der Waals surface area contributed by atoms with Gasteiger partial charge in [0.25, 0.3) is 0 Å². The van der Waals surface area contributed by atoms with E-state index in [1.54, 1.807) is 0 Å². The topological polar surface area (TPSA) is 4.93 Å². The van der Waals surface area contributed by atoms with Crippen LogP contribution in [-0.2, 0) is 39.7 Å². The molecule has 3 aromatic rings. The second-order valence-electron chi connectivity index (χ2n) is 5.79. The van der Waals surface area contributed by atoms with E-state index in [2.05, 4.69) is 76.1 Å². The zero-order valence-corrected chi connectivity index (χ0v) is 19.7.